The topological polar surface area (TPSA) is 64.7 Å². The lowest BCUT2D eigenvalue weighted by molar-refractivity contribution is -0.0122. The third-order valence-electron chi connectivity index (χ3n) is 2.47. The molecular weight excluding hydrogens is 230 g/mol. The van der Waals surface area contributed by atoms with Gasteiger partial charge in [-0.25, -0.2) is 0 Å². The van der Waals surface area contributed by atoms with E-state index < -0.39 is 6.10 Å². The summed E-state index contributed by atoms with van der Waals surface area (Å²) >= 11 is 0. The quantitative estimate of drug-likeness (QED) is 0.778. The summed E-state index contributed by atoms with van der Waals surface area (Å²) in [5.41, 5.74) is 6.82. The summed E-state index contributed by atoms with van der Waals surface area (Å²) in [6.45, 7) is 6.31. The molecule has 0 aliphatic rings. The van der Waals surface area contributed by atoms with E-state index in [1.807, 2.05) is 45.0 Å². The van der Waals surface area contributed by atoms with Crippen molar-refractivity contribution in [2.24, 2.45) is 5.73 Å². The SMILES string of the molecule is CC(C)OCC(O)COc1ccc(C(C)N)cc1. The monoisotopic (exact) mass is 253 g/mol. The maximum absolute atomic E-state index is 9.63. The van der Waals surface area contributed by atoms with Gasteiger partial charge in [-0.15, -0.1) is 0 Å². The van der Waals surface area contributed by atoms with Gasteiger partial charge in [0.2, 0.25) is 0 Å². The molecule has 102 valence electrons. The number of benzene rings is 1. The number of rotatable bonds is 7. The number of hydrogen-bond acceptors (Lipinski definition) is 4. The molecule has 0 saturated heterocycles. The first-order valence-corrected chi connectivity index (χ1v) is 6.27. The van der Waals surface area contributed by atoms with Crippen LogP contribution >= 0.6 is 0 Å². The van der Waals surface area contributed by atoms with Gasteiger partial charge in [0.25, 0.3) is 0 Å². The van der Waals surface area contributed by atoms with E-state index in [1.165, 1.54) is 0 Å². The largest absolute Gasteiger partial charge is 0.491 e. The van der Waals surface area contributed by atoms with Gasteiger partial charge in [0.1, 0.15) is 18.5 Å². The highest BCUT2D eigenvalue weighted by Crippen LogP contribution is 2.16. The molecule has 0 heterocycles. The Morgan fingerprint density at radius 2 is 1.72 bits per heavy atom. The maximum Gasteiger partial charge on any atom is 0.119 e. The predicted octanol–water partition coefficient (Wildman–Crippen LogP) is 1.87. The van der Waals surface area contributed by atoms with E-state index >= 15 is 0 Å². The number of hydrogen-bond donors (Lipinski definition) is 2. The highest BCUT2D eigenvalue weighted by Gasteiger charge is 2.07. The van der Waals surface area contributed by atoms with Crippen molar-refractivity contribution >= 4 is 0 Å². The molecule has 0 aliphatic carbocycles. The highest BCUT2D eigenvalue weighted by molar-refractivity contribution is 5.28. The van der Waals surface area contributed by atoms with E-state index in [4.69, 9.17) is 15.2 Å². The molecular formula is C14H23NO3. The molecule has 0 amide bonds. The molecule has 2 atom stereocenters. The summed E-state index contributed by atoms with van der Waals surface area (Å²) < 4.78 is 10.8. The molecule has 1 rings (SSSR count). The zero-order valence-corrected chi connectivity index (χ0v) is 11.3. The summed E-state index contributed by atoms with van der Waals surface area (Å²) in [5.74, 6) is 0.725. The minimum atomic E-state index is -0.611. The summed E-state index contributed by atoms with van der Waals surface area (Å²) in [5, 5.41) is 9.63. The molecule has 18 heavy (non-hydrogen) atoms. The zero-order valence-electron chi connectivity index (χ0n) is 11.3. The van der Waals surface area contributed by atoms with Crippen LogP contribution < -0.4 is 10.5 Å². The first-order chi connectivity index (χ1) is 8.49. The van der Waals surface area contributed by atoms with Gasteiger partial charge in [-0.1, -0.05) is 12.1 Å². The Bertz CT molecular complexity index is 335. The normalized spacial score (nSPS) is 14.6. The molecule has 4 heteroatoms. The van der Waals surface area contributed by atoms with Crippen molar-refractivity contribution in [3.63, 3.8) is 0 Å². The van der Waals surface area contributed by atoms with Crippen molar-refractivity contribution in [2.45, 2.75) is 39.0 Å². The van der Waals surface area contributed by atoms with Crippen molar-refractivity contribution in [3.8, 4) is 5.75 Å². The molecule has 0 aromatic heterocycles. The van der Waals surface area contributed by atoms with E-state index in [0.29, 0.717) is 0 Å². The van der Waals surface area contributed by atoms with E-state index in [9.17, 15) is 5.11 Å². The van der Waals surface area contributed by atoms with Crippen LogP contribution in [0.1, 0.15) is 32.4 Å². The Morgan fingerprint density at radius 3 is 2.22 bits per heavy atom. The number of ether oxygens (including phenoxy) is 2. The van der Waals surface area contributed by atoms with Crippen LogP contribution in [0.4, 0.5) is 0 Å². The smallest absolute Gasteiger partial charge is 0.119 e. The first-order valence-electron chi connectivity index (χ1n) is 6.27. The van der Waals surface area contributed by atoms with Crippen LogP contribution in [0.5, 0.6) is 5.75 Å². The standard InChI is InChI=1S/C14H23NO3/c1-10(2)17-8-13(16)9-18-14-6-4-12(5-7-14)11(3)15/h4-7,10-11,13,16H,8-9,15H2,1-3H3. The van der Waals surface area contributed by atoms with Crippen LogP contribution in [0.25, 0.3) is 0 Å². The molecule has 0 radical (unpaired) electrons. The number of nitrogens with two attached hydrogens (primary N) is 1. The average molecular weight is 253 g/mol. The fourth-order valence-corrected chi connectivity index (χ4v) is 1.41. The fourth-order valence-electron chi connectivity index (χ4n) is 1.41. The van der Waals surface area contributed by atoms with Crippen LogP contribution in [0.3, 0.4) is 0 Å². The van der Waals surface area contributed by atoms with Crippen LogP contribution in [-0.2, 0) is 4.74 Å². The summed E-state index contributed by atoms with van der Waals surface area (Å²) in [6, 6.07) is 7.58. The molecule has 1 aromatic rings. The highest BCUT2D eigenvalue weighted by atomic mass is 16.5. The van der Waals surface area contributed by atoms with E-state index in [0.717, 1.165) is 11.3 Å². The first kappa shape index (κ1) is 15.0. The van der Waals surface area contributed by atoms with Gasteiger partial charge in [-0.3, -0.25) is 0 Å². The van der Waals surface area contributed by atoms with Gasteiger partial charge in [-0.2, -0.15) is 0 Å². The van der Waals surface area contributed by atoms with Crippen LogP contribution in [0.2, 0.25) is 0 Å². The second kappa shape index (κ2) is 7.36. The van der Waals surface area contributed by atoms with Crippen molar-refractivity contribution < 1.29 is 14.6 Å². The van der Waals surface area contributed by atoms with Gasteiger partial charge in [-0.05, 0) is 38.5 Å². The molecule has 0 aliphatic heterocycles. The van der Waals surface area contributed by atoms with Crippen LogP contribution in [0.15, 0.2) is 24.3 Å². The Labute approximate surface area is 109 Å². The molecule has 0 spiro atoms. The number of aliphatic hydroxyl groups is 1. The van der Waals surface area contributed by atoms with Gasteiger partial charge in [0, 0.05) is 6.04 Å². The molecule has 3 N–H and O–H groups in total. The maximum atomic E-state index is 9.63. The van der Waals surface area contributed by atoms with Crippen LogP contribution in [-0.4, -0.2) is 30.5 Å². The average Bonchev–Trinajstić information content (AvgIpc) is 2.34. The Hall–Kier alpha value is -1.10. The van der Waals surface area contributed by atoms with E-state index in [-0.39, 0.29) is 25.4 Å². The van der Waals surface area contributed by atoms with E-state index in [2.05, 4.69) is 0 Å². The Balaban J connectivity index is 2.34. The van der Waals surface area contributed by atoms with Crippen molar-refractivity contribution in [3.05, 3.63) is 29.8 Å². The lowest BCUT2D eigenvalue weighted by Gasteiger charge is -2.15. The Morgan fingerprint density at radius 1 is 1.11 bits per heavy atom. The summed E-state index contributed by atoms with van der Waals surface area (Å²) in [6.07, 6.45) is -0.495. The number of aliphatic hydroxyl groups excluding tert-OH is 1. The second-order valence-corrected chi connectivity index (χ2v) is 4.70. The summed E-state index contributed by atoms with van der Waals surface area (Å²) in [4.78, 5) is 0. The van der Waals surface area contributed by atoms with Crippen molar-refractivity contribution in [2.75, 3.05) is 13.2 Å². The molecule has 0 fully saturated rings. The van der Waals surface area contributed by atoms with Crippen LogP contribution in [0, 0.1) is 0 Å². The van der Waals surface area contributed by atoms with Gasteiger partial charge in [0.05, 0.1) is 12.7 Å². The lowest BCUT2D eigenvalue weighted by Crippen LogP contribution is -2.25. The third kappa shape index (κ3) is 5.49. The summed E-state index contributed by atoms with van der Waals surface area (Å²) in [7, 11) is 0. The lowest BCUT2D eigenvalue weighted by atomic mass is 10.1. The van der Waals surface area contributed by atoms with Gasteiger partial charge < -0.3 is 20.3 Å². The minimum Gasteiger partial charge on any atom is -0.491 e. The molecule has 1 aromatic carbocycles. The third-order valence-corrected chi connectivity index (χ3v) is 2.47. The predicted molar refractivity (Wildman–Crippen MR) is 71.6 cm³/mol. The van der Waals surface area contributed by atoms with Gasteiger partial charge >= 0.3 is 0 Å². The second-order valence-electron chi connectivity index (χ2n) is 4.70. The Kier molecular flexibility index (Phi) is 6.12. The zero-order chi connectivity index (χ0) is 13.5. The molecule has 4 nitrogen and oxygen atoms in total. The van der Waals surface area contributed by atoms with Gasteiger partial charge in [0.15, 0.2) is 0 Å². The minimum absolute atomic E-state index is 0.0177. The van der Waals surface area contributed by atoms with Crippen molar-refractivity contribution in [1.29, 1.82) is 0 Å². The molecule has 0 bridgehead atoms. The van der Waals surface area contributed by atoms with Crippen molar-refractivity contribution in [1.82, 2.24) is 0 Å². The molecule has 0 saturated carbocycles. The molecule has 2 unspecified atom stereocenters. The van der Waals surface area contributed by atoms with E-state index in [1.54, 1.807) is 0 Å². The fraction of sp³-hybridized carbons (Fsp3) is 0.571.